The van der Waals surface area contributed by atoms with Gasteiger partial charge in [-0.25, -0.2) is 4.79 Å². The van der Waals surface area contributed by atoms with Crippen LogP contribution in [0.25, 0.3) is 0 Å². The van der Waals surface area contributed by atoms with Gasteiger partial charge in [0.05, 0.1) is 11.8 Å². The smallest absolute Gasteiger partial charge is 0.326 e. The number of nitrogens with zero attached hydrogens (tertiary/aromatic N) is 1. The van der Waals surface area contributed by atoms with E-state index >= 15 is 0 Å². The molecule has 0 unspecified atom stereocenters. The van der Waals surface area contributed by atoms with E-state index in [9.17, 15) is 9.59 Å². The fourth-order valence-electron chi connectivity index (χ4n) is 1.29. The zero-order valence-corrected chi connectivity index (χ0v) is 9.54. The molecule has 1 aromatic rings. The van der Waals surface area contributed by atoms with Crippen LogP contribution in [0, 0.1) is 5.92 Å². The third-order valence-electron chi connectivity index (χ3n) is 2.21. The van der Waals surface area contributed by atoms with Crippen LogP contribution in [-0.2, 0) is 4.79 Å². The lowest BCUT2D eigenvalue weighted by atomic mass is 10.0. The highest BCUT2D eigenvalue weighted by Crippen LogP contribution is 2.09. The quantitative estimate of drug-likeness (QED) is 0.714. The average Bonchev–Trinajstić information content (AvgIpc) is 2.24. The summed E-state index contributed by atoms with van der Waals surface area (Å²) in [6, 6.07) is 0.256. The Labute approximate surface area is 98.3 Å². The van der Waals surface area contributed by atoms with Gasteiger partial charge in [0.1, 0.15) is 11.8 Å². The number of aromatic hydroxyl groups is 1. The van der Waals surface area contributed by atoms with Crippen molar-refractivity contribution < 1.29 is 19.8 Å². The Morgan fingerprint density at radius 3 is 2.47 bits per heavy atom. The van der Waals surface area contributed by atoms with Gasteiger partial charge in [-0.1, -0.05) is 13.8 Å². The number of amides is 1. The summed E-state index contributed by atoms with van der Waals surface area (Å²) in [5.74, 6) is -2.05. The van der Waals surface area contributed by atoms with Crippen LogP contribution < -0.4 is 5.32 Å². The molecule has 6 heteroatoms. The van der Waals surface area contributed by atoms with Gasteiger partial charge in [-0.15, -0.1) is 0 Å². The minimum atomic E-state index is -1.10. The number of hydrogen-bond acceptors (Lipinski definition) is 4. The lowest BCUT2D eigenvalue weighted by Crippen LogP contribution is -2.44. The molecule has 6 nitrogen and oxygen atoms in total. The molecular weight excluding hydrogens is 224 g/mol. The van der Waals surface area contributed by atoms with Gasteiger partial charge in [-0.05, 0) is 12.0 Å². The Morgan fingerprint density at radius 2 is 2.00 bits per heavy atom. The topological polar surface area (TPSA) is 99.5 Å². The number of rotatable bonds is 4. The van der Waals surface area contributed by atoms with Crippen LogP contribution in [0.1, 0.15) is 24.2 Å². The average molecular weight is 238 g/mol. The SMILES string of the molecule is CC(C)[C@H](NC(=O)c1cncc(O)c1)C(=O)O. The number of aromatic nitrogens is 1. The molecule has 1 atom stereocenters. The van der Waals surface area contributed by atoms with Crippen molar-refractivity contribution in [3.63, 3.8) is 0 Å². The molecule has 0 bridgehead atoms. The number of nitrogens with one attached hydrogen (secondary N) is 1. The maximum absolute atomic E-state index is 11.7. The van der Waals surface area contributed by atoms with Crippen molar-refractivity contribution in [3.8, 4) is 5.75 Å². The summed E-state index contributed by atoms with van der Waals surface area (Å²) in [7, 11) is 0. The Balaban J connectivity index is 2.81. The van der Waals surface area contributed by atoms with Gasteiger partial charge in [0.15, 0.2) is 0 Å². The van der Waals surface area contributed by atoms with Gasteiger partial charge < -0.3 is 15.5 Å². The Hall–Kier alpha value is -2.11. The van der Waals surface area contributed by atoms with E-state index in [4.69, 9.17) is 10.2 Å². The summed E-state index contributed by atoms with van der Waals surface area (Å²) >= 11 is 0. The number of pyridine rings is 1. The van der Waals surface area contributed by atoms with E-state index in [2.05, 4.69) is 10.3 Å². The number of carbonyl (C=O) groups is 2. The number of carboxylic acids is 1. The van der Waals surface area contributed by atoms with E-state index in [1.54, 1.807) is 13.8 Å². The van der Waals surface area contributed by atoms with Crippen LogP contribution in [0.3, 0.4) is 0 Å². The van der Waals surface area contributed by atoms with E-state index in [0.717, 1.165) is 0 Å². The molecule has 1 rings (SSSR count). The normalized spacial score (nSPS) is 12.2. The Kier molecular flexibility index (Phi) is 4.03. The van der Waals surface area contributed by atoms with Gasteiger partial charge >= 0.3 is 5.97 Å². The molecule has 0 aliphatic carbocycles. The van der Waals surface area contributed by atoms with E-state index < -0.39 is 17.9 Å². The molecule has 1 heterocycles. The van der Waals surface area contributed by atoms with E-state index in [1.165, 1.54) is 18.5 Å². The van der Waals surface area contributed by atoms with Crippen LogP contribution in [0.5, 0.6) is 5.75 Å². The highest BCUT2D eigenvalue weighted by atomic mass is 16.4. The van der Waals surface area contributed by atoms with Crippen LogP contribution in [0.15, 0.2) is 18.5 Å². The van der Waals surface area contributed by atoms with Gasteiger partial charge in [-0.3, -0.25) is 9.78 Å². The molecule has 0 saturated carbocycles. The van der Waals surface area contributed by atoms with Crippen LogP contribution >= 0.6 is 0 Å². The van der Waals surface area contributed by atoms with E-state index in [0.29, 0.717) is 0 Å². The molecule has 0 radical (unpaired) electrons. The molecule has 0 fully saturated rings. The highest BCUT2D eigenvalue weighted by Gasteiger charge is 2.24. The number of hydrogen-bond donors (Lipinski definition) is 3. The molecule has 0 aliphatic rings. The van der Waals surface area contributed by atoms with Crippen molar-refractivity contribution in [2.24, 2.45) is 5.92 Å². The zero-order valence-electron chi connectivity index (χ0n) is 9.54. The second kappa shape index (κ2) is 5.29. The van der Waals surface area contributed by atoms with Crippen molar-refractivity contribution >= 4 is 11.9 Å². The highest BCUT2D eigenvalue weighted by molar-refractivity contribution is 5.96. The minimum absolute atomic E-state index is 0.122. The first-order valence-electron chi connectivity index (χ1n) is 5.09. The van der Waals surface area contributed by atoms with Gasteiger partial charge in [0.2, 0.25) is 0 Å². The summed E-state index contributed by atoms with van der Waals surface area (Å²) in [6.45, 7) is 3.39. The zero-order chi connectivity index (χ0) is 13.0. The Bertz CT molecular complexity index is 431. The second-order valence-electron chi connectivity index (χ2n) is 3.97. The Morgan fingerprint density at radius 1 is 1.35 bits per heavy atom. The third kappa shape index (κ3) is 3.44. The van der Waals surface area contributed by atoms with Gasteiger partial charge in [0.25, 0.3) is 5.91 Å². The van der Waals surface area contributed by atoms with Crippen molar-refractivity contribution in [3.05, 3.63) is 24.0 Å². The van der Waals surface area contributed by atoms with Crippen LogP contribution in [0.4, 0.5) is 0 Å². The van der Waals surface area contributed by atoms with Crippen LogP contribution in [-0.4, -0.2) is 33.1 Å². The number of carboxylic acid groups (broad SMARTS) is 1. The van der Waals surface area contributed by atoms with E-state index in [-0.39, 0.29) is 17.2 Å². The summed E-state index contributed by atoms with van der Waals surface area (Å²) in [6.07, 6.45) is 2.45. The third-order valence-corrected chi connectivity index (χ3v) is 2.21. The summed E-state index contributed by atoms with van der Waals surface area (Å²) in [5, 5.41) is 20.4. The van der Waals surface area contributed by atoms with Crippen molar-refractivity contribution in [2.45, 2.75) is 19.9 Å². The van der Waals surface area contributed by atoms with E-state index in [1.807, 2.05) is 0 Å². The number of aliphatic carboxylic acids is 1. The fourth-order valence-corrected chi connectivity index (χ4v) is 1.29. The molecule has 0 aliphatic heterocycles. The maximum atomic E-state index is 11.7. The van der Waals surface area contributed by atoms with Crippen molar-refractivity contribution in [1.29, 1.82) is 0 Å². The lowest BCUT2D eigenvalue weighted by Gasteiger charge is -2.17. The largest absolute Gasteiger partial charge is 0.506 e. The first kappa shape index (κ1) is 13.0. The summed E-state index contributed by atoms with van der Waals surface area (Å²) in [4.78, 5) is 26.2. The summed E-state index contributed by atoms with van der Waals surface area (Å²) in [5.41, 5.74) is 0.122. The second-order valence-corrected chi connectivity index (χ2v) is 3.97. The molecule has 0 saturated heterocycles. The lowest BCUT2D eigenvalue weighted by molar-refractivity contribution is -0.140. The minimum Gasteiger partial charge on any atom is -0.506 e. The molecular formula is C11H14N2O4. The monoisotopic (exact) mass is 238 g/mol. The molecule has 0 aromatic carbocycles. The standard InChI is InChI=1S/C11H14N2O4/c1-6(2)9(11(16)17)13-10(15)7-3-8(14)5-12-4-7/h3-6,9,14H,1-2H3,(H,13,15)(H,16,17)/t9-/m0/s1. The molecule has 92 valence electrons. The number of carbonyl (C=O) groups excluding carboxylic acids is 1. The predicted molar refractivity (Wildman–Crippen MR) is 59.6 cm³/mol. The van der Waals surface area contributed by atoms with Gasteiger partial charge in [-0.2, -0.15) is 0 Å². The van der Waals surface area contributed by atoms with Crippen molar-refractivity contribution in [1.82, 2.24) is 10.3 Å². The fraction of sp³-hybridized carbons (Fsp3) is 0.364. The van der Waals surface area contributed by atoms with Crippen LogP contribution in [0.2, 0.25) is 0 Å². The van der Waals surface area contributed by atoms with Gasteiger partial charge in [0, 0.05) is 6.20 Å². The molecule has 17 heavy (non-hydrogen) atoms. The first-order chi connectivity index (χ1) is 7.91. The molecule has 3 N–H and O–H groups in total. The van der Waals surface area contributed by atoms with Crippen molar-refractivity contribution in [2.75, 3.05) is 0 Å². The maximum Gasteiger partial charge on any atom is 0.326 e. The molecule has 1 aromatic heterocycles. The molecule has 0 spiro atoms. The predicted octanol–water partition coefficient (Wildman–Crippen LogP) is 0.626. The summed E-state index contributed by atoms with van der Waals surface area (Å²) < 4.78 is 0. The molecule has 1 amide bonds. The first-order valence-corrected chi connectivity index (χ1v) is 5.09.